The lowest BCUT2D eigenvalue weighted by atomic mass is 10.2. The van der Waals surface area contributed by atoms with Crippen molar-refractivity contribution in [2.45, 2.75) is 6.54 Å². The average molecular weight is 307 g/mol. The standard InChI is InChI=1S/C14H11F2N3OS/c1-20-12-5-4-11-13(18-12)19(14(21)17-11)7-8-2-3-9(15)10(16)6-8/h2-6H,7H2,1H3,(H,17,21). The smallest absolute Gasteiger partial charge is 0.215 e. The van der Waals surface area contributed by atoms with Crippen molar-refractivity contribution in [2.75, 3.05) is 7.11 Å². The summed E-state index contributed by atoms with van der Waals surface area (Å²) in [5.74, 6) is -1.30. The summed E-state index contributed by atoms with van der Waals surface area (Å²) in [5.41, 5.74) is 1.95. The van der Waals surface area contributed by atoms with Crippen molar-refractivity contribution in [3.8, 4) is 5.88 Å². The summed E-state index contributed by atoms with van der Waals surface area (Å²) in [6.07, 6.45) is 0. The molecule has 0 aliphatic heterocycles. The summed E-state index contributed by atoms with van der Waals surface area (Å²) in [5, 5.41) is 0. The zero-order valence-electron chi connectivity index (χ0n) is 11.1. The second kappa shape index (κ2) is 5.25. The SMILES string of the molecule is COc1ccc2[nH]c(=S)n(Cc3ccc(F)c(F)c3)c2n1. The van der Waals surface area contributed by atoms with Gasteiger partial charge in [-0.05, 0) is 36.0 Å². The number of nitrogens with one attached hydrogen (secondary N) is 1. The molecule has 0 radical (unpaired) electrons. The van der Waals surface area contributed by atoms with E-state index in [2.05, 4.69) is 9.97 Å². The van der Waals surface area contributed by atoms with Crippen molar-refractivity contribution in [3.05, 3.63) is 52.3 Å². The van der Waals surface area contributed by atoms with E-state index in [1.165, 1.54) is 13.2 Å². The van der Waals surface area contributed by atoms with Gasteiger partial charge in [0.15, 0.2) is 22.1 Å². The van der Waals surface area contributed by atoms with Gasteiger partial charge in [0.25, 0.3) is 0 Å². The number of aromatic nitrogens is 3. The van der Waals surface area contributed by atoms with E-state index in [0.717, 1.165) is 17.6 Å². The highest BCUT2D eigenvalue weighted by molar-refractivity contribution is 7.71. The van der Waals surface area contributed by atoms with Crippen molar-refractivity contribution in [3.63, 3.8) is 0 Å². The van der Waals surface area contributed by atoms with E-state index in [1.807, 2.05) is 0 Å². The molecule has 0 aliphatic rings. The number of imidazole rings is 1. The number of halogens is 2. The highest BCUT2D eigenvalue weighted by Crippen LogP contribution is 2.18. The van der Waals surface area contributed by atoms with Crippen LogP contribution in [0.25, 0.3) is 11.2 Å². The quantitative estimate of drug-likeness (QED) is 0.754. The molecular formula is C14H11F2N3OS. The lowest BCUT2D eigenvalue weighted by Crippen LogP contribution is -2.02. The third kappa shape index (κ3) is 2.52. The lowest BCUT2D eigenvalue weighted by molar-refractivity contribution is 0.399. The summed E-state index contributed by atoms with van der Waals surface area (Å²) in [4.78, 5) is 7.34. The van der Waals surface area contributed by atoms with E-state index in [9.17, 15) is 8.78 Å². The molecule has 0 aliphatic carbocycles. The predicted molar refractivity (Wildman–Crippen MR) is 76.9 cm³/mol. The molecular weight excluding hydrogens is 296 g/mol. The van der Waals surface area contributed by atoms with E-state index < -0.39 is 11.6 Å². The van der Waals surface area contributed by atoms with Gasteiger partial charge in [-0.1, -0.05) is 6.07 Å². The molecule has 1 aromatic carbocycles. The van der Waals surface area contributed by atoms with E-state index >= 15 is 0 Å². The molecule has 0 saturated heterocycles. The number of fused-ring (bicyclic) bond motifs is 1. The van der Waals surface area contributed by atoms with Crippen molar-refractivity contribution >= 4 is 23.4 Å². The minimum absolute atomic E-state index is 0.288. The third-order valence-corrected chi connectivity index (χ3v) is 3.45. The van der Waals surface area contributed by atoms with Crippen LogP contribution in [0.1, 0.15) is 5.56 Å². The summed E-state index contributed by atoms with van der Waals surface area (Å²) < 4.78 is 33.5. The number of pyridine rings is 1. The van der Waals surface area contributed by atoms with Crippen molar-refractivity contribution in [2.24, 2.45) is 0 Å². The van der Waals surface area contributed by atoms with E-state index in [0.29, 0.717) is 21.9 Å². The van der Waals surface area contributed by atoms with Crippen LogP contribution in [-0.2, 0) is 6.54 Å². The summed E-state index contributed by atoms with van der Waals surface area (Å²) >= 11 is 5.25. The molecule has 7 heteroatoms. The molecule has 108 valence electrons. The van der Waals surface area contributed by atoms with Gasteiger partial charge < -0.3 is 9.72 Å². The number of benzene rings is 1. The molecule has 0 fully saturated rings. The zero-order chi connectivity index (χ0) is 15.0. The first-order chi connectivity index (χ1) is 10.1. The Labute approximate surface area is 124 Å². The maximum absolute atomic E-state index is 13.3. The second-order valence-electron chi connectivity index (χ2n) is 4.49. The van der Waals surface area contributed by atoms with Crippen LogP contribution in [0, 0.1) is 16.4 Å². The highest BCUT2D eigenvalue weighted by atomic mass is 32.1. The molecule has 2 heterocycles. The molecule has 4 nitrogen and oxygen atoms in total. The molecule has 0 atom stereocenters. The molecule has 0 saturated carbocycles. The van der Waals surface area contributed by atoms with Crippen LogP contribution >= 0.6 is 12.2 Å². The van der Waals surface area contributed by atoms with Crippen LogP contribution in [-0.4, -0.2) is 21.6 Å². The van der Waals surface area contributed by atoms with E-state index in [1.54, 1.807) is 16.7 Å². The zero-order valence-corrected chi connectivity index (χ0v) is 11.9. The number of methoxy groups -OCH3 is 1. The van der Waals surface area contributed by atoms with Crippen LogP contribution in [0.5, 0.6) is 5.88 Å². The number of aromatic amines is 1. The number of rotatable bonds is 3. The maximum Gasteiger partial charge on any atom is 0.215 e. The van der Waals surface area contributed by atoms with Gasteiger partial charge in [0.05, 0.1) is 19.2 Å². The molecule has 3 aromatic rings. The first-order valence-electron chi connectivity index (χ1n) is 6.16. The monoisotopic (exact) mass is 307 g/mol. The van der Waals surface area contributed by atoms with Crippen LogP contribution in [0.4, 0.5) is 8.78 Å². The lowest BCUT2D eigenvalue weighted by Gasteiger charge is -2.06. The second-order valence-corrected chi connectivity index (χ2v) is 4.88. The Hall–Kier alpha value is -2.28. The Morgan fingerprint density at radius 3 is 2.76 bits per heavy atom. The van der Waals surface area contributed by atoms with Gasteiger partial charge in [-0.25, -0.2) is 8.78 Å². The minimum atomic E-state index is -0.885. The predicted octanol–water partition coefficient (Wildman–Crippen LogP) is 3.43. The van der Waals surface area contributed by atoms with Gasteiger partial charge in [-0.2, -0.15) is 4.98 Å². The van der Waals surface area contributed by atoms with Crippen LogP contribution < -0.4 is 4.74 Å². The average Bonchev–Trinajstić information content (AvgIpc) is 2.78. The number of hydrogen-bond acceptors (Lipinski definition) is 3. The van der Waals surface area contributed by atoms with Crippen molar-refractivity contribution in [1.82, 2.24) is 14.5 Å². The Morgan fingerprint density at radius 2 is 2.05 bits per heavy atom. The van der Waals surface area contributed by atoms with Crippen molar-refractivity contribution in [1.29, 1.82) is 0 Å². The fraction of sp³-hybridized carbons (Fsp3) is 0.143. The molecule has 0 bridgehead atoms. The maximum atomic E-state index is 13.3. The molecule has 0 spiro atoms. The molecule has 21 heavy (non-hydrogen) atoms. The first-order valence-corrected chi connectivity index (χ1v) is 6.57. The van der Waals surface area contributed by atoms with Gasteiger partial charge in [-0.3, -0.25) is 4.57 Å². The highest BCUT2D eigenvalue weighted by Gasteiger charge is 2.09. The normalized spacial score (nSPS) is 11.0. The van der Waals surface area contributed by atoms with Crippen molar-refractivity contribution < 1.29 is 13.5 Å². The Kier molecular flexibility index (Phi) is 3.42. The number of ether oxygens (including phenoxy) is 1. The van der Waals surface area contributed by atoms with Gasteiger partial charge in [-0.15, -0.1) is 0 Å². The van der Waals surface area contributed by atoms with Crippen LogP contribution in [0.15, 0.2) is 30.3 Å². The Balaban J connectivity index is 2.08. The molecule has 2 aromatic heterocycles. The van der Waals surface area contributed by atoms with Gasteiger partial charge in [0.1, 0.15) is 0 Å². The number of hydrogen-bond donors (Lipinski definition) is 1. The molecule has 0 amide bonds. The van der Waals surface area contributed by atoms with Crippen LogP contribution in [0.3, 0.4) is 0 Å². The number of H-pyrrole nitrogens is 1. The first kappa shape index (κ1) is 13.7. The largest absolute Gasteiger partial charge is 0.481 e. The Morgan fingerprint density at radius 1 is 1.24 bits per heavy atom. The molecule has 0 unspecified atom stereocenters. The third-order valence-electron chi connectivity index (χ3n) is 3.13. The van der Waals surface area contributed by atoms with Gasteiger partial charge >= 0.3 is 0 Å². The molecule has 1 N–H and O–H groups in total. The summed E-state index contributed by atoms with van der Waals surface area (Å²) in [6, 6.07) is 7.28. The summed E-state index contributed by atoms with van der Waals surface area (Å²) in [6.45, 7) is 0.288. The number of nitrogens with zero attached hydrogens (tertiary/aromatic N) is 2. The molecule has 3 rings (SSSR count). The van der Waals surface area contributed by atoms with Crippen LogP contribution in [0.2, 0.25) is 0 Å². The minimum Gasteiger partial charge on any atom is -0.481 e. The fourth-order valence-electron chi connectivity index (χ4n) is 2.09. The van der Waals surface area contributed by atoms with E-state index in [-0.39, 0.29) is 6.54 Å². The summed E-state index contributed by atoms with van der Waals surface area (Å²) in [7, 11) is 1.52. The Bertz CT molecular complexity index is 872. The van der Waals surface area contributed by atoms with E-state index in [4.69, 9.17) is 17.0 Å². The fourth-order valence-corrected chi connectivity index (χ4v) is 2.36. The van der Waals surface area contributed by atoms with Gasteiger partial charge in [0, 0.05) is 6.07 Å². The van der Waals surface area contributed by atoms with Gasteiger partial charge in [0.2, 0.25) is 5.88 Å². The topological polar surface area (TPSA) is 42.8 Å².